The number of carbonyl (C=O) groups excluding carboxylic acids is 1. The summed E-state index contributed by atoms with van der Waals surface area (Å²) < 4.78 is 21.5. The van der Waals surface area contributed by atoms with E-state index in [1.165, 1.54) is 0 Å². The molecular weight excluding hydrogens is 324 g/mol. The SMILES string of the molecule is COc1ccc(OC)c(NC(=O)c2ccnc(OC3CCOC3)c2)c1. The van der Waals surface area contributed by atoms with Crippen molar-refractivity contribution in [3.63, 3.8) is 0 Å². The number of benzene rings is 1. The van der Waals surface area contributed by atoms with Gasteiger partial charge in [0.1, 0.15) is 17.6 Å². The Morgan fingerprint density at radius 3 is 2.84 bits per heavy atom. The number of methoxy groups -OCH3 is 2. The predicted octanol–water partition coefficient (Wildman–Crippen LogP) is 2.52. The molecule has 1 fully saturated rings. The number of aromatic nitrogens is 1. The van der Waals surface area contributed by atoms with Crippen molar-refractivity contribution < 1.29 is 23.7 Å². The van der Waals surface area contributed by atoms with E-state index in [0.29, 0.717) is 41.8 Å². The van der Waals surface area contributed by atoms with Crippen LogP contribution in [0.2, 0.25) is 0 Å². The second-order valence-electron chi connectivity index (χ2n) is 5.51. The highest BCUT2D eigenvalue weighted by atomic mass is 16.5. The molecule has 1 aliphatic rings. The number of hydrogen-bond donors (Lipinski definition) is 1. The second-order valence-corrected chi connectivity index (χ2v) is 5.51. The van der Waals surface area contributed by atoms with Crippen LogP contribution in [0.3, 0.4) is 0 Å². The van der Waals surface area contributed by atoms with Crippen LogP contribution in [-0.4, -0.2) is 44.4 Å². The topological polar surface area (TPSA) is 78.9 Å². The largest absolute Gasteiger partial charge is 0.497 e. The first-order chi connectivity index (χ1) is 12.2. The highest BCUT2D eigenvalue weighted by Crippen LogP contribution is 2.29. The lowest BCUT2D eigenvalue weighted by Gasteiger charge is -2.13. The second kappa shape index (κ2) is 7.85. The molecule has 1 atom stereocenters. The Labute approximate surface area is 145 Å². The Morgan fingerprint density at radius 2 is 2.12 bits per heavy atom. The lowest BCUT2D eigenvalue weighted by molar-refractivity contribution is 0.102. The molecule has 7 heteroatoms. The van der Waals surface area contributed by atoms with Crippen molar-refractivity contribution in [2.45, 2.75) is 12.5 Å². The summed E-state index contributed by atoms with van der Waals surface area (Å²) in [5, 5.41) is 2.82. The summed E-state index contributed by atoms with van der Waals surface area (Å²) in [6.07, 6.45) is 2.34. The van der Waals surface area contributed by atoms with Gasteiger partial charge in [0.25, 0.3) is 5.91 Å². The van der Waals surface area contributed by atoms with E-state index in [1.54, 1.807) is 50.7 Å². The number of pyridine rings is 1. The zero-order chi connectivity index (χ0) is 17.6. The van der Waals surface area contributed by atoms with E-state index in [4.69, 9.17) is 18.9 Å². The summed E-state index contributed by atoms with van der Waals surface area (Å²) in [5.74, 6) is 1.28. The monoisotopic (exact) mass is 344 g/mol. The minimum Gasteiger partial charge on any atom is -0.497 e. The molecule has 1 N–H and O–H groups in total. The fourth-order valence-corrected chi connectivity index (χ4v) is 2.50. The van der Waals surface area contributed by atoms with Crippen LogP contribution >= 0.6 is 0 Å². The minimum atomic E-state index is -0.290. The van der Waals surface area contributed by atoms with Gasteiger partial charge in [0.2, 0.25) is 5.88 Å². The zero-order valence-electron chi connectivity index (χ0n) is 14.2. The molecule has 0 saturated carbocycles. The maximum atomic E-state index is 12.6. The molecule has 1 saturated heterocycles. The van der Waals surface area contributed by atoms with Gasteiger partial charge < -0.3 is 24.3 Å². The average Bonchev–Trinajstić information content (AvgIpc) is 3.14. The summed E-state index contributed by atoms with van der Waals surface area (Å²) in [6, 6.07) is 8.43. The maximum absolute atomic E-state index is 12.6. The Morgan fingerprint density at radius 1 is 1.24 bits per heavy atom. The molecule has 0 spiro atoms. The number of carbonyl (C=O) groups is 1. The van der Waals surface area contributed by atoms with Crippen LogP contribution in [0.4, 0.5) is 5.69 Å². The van der Waals surface area contributed by atoms with Crippen molar-refractivity contribution in [3.05, 3.63) is 42.1 Å². The van der Waals surface area contributed by atoms with Gasteiger partial charge in [0, 0.05) is 30.3 Å². The van der Waals surface area contributed by atoms with E-state index in [2.05, 4.69) is 10.3 Å². The summed E-state index contributed by atoms with van der Waals surface area (Å²) in [4.78, 5) is 16.7. The number of hydrogen-bond acceptors (Lipinski definition) is 6. The normalized spacial score (nSPS) is 16.3. The first kappa shape index (κ1) is 17.0. The van der Waals surface area contributed by atoms with Crippen molar-refractivity contribution in [1.29, 1.82) is 0 Å². The van der Waals surface area contributed by atoms with Crippen LogP contribution in [0.1, 0.15) is 16.8 Å². The number of rotatable bonds is 6. The maximum Gasteiger partial charge on any atom is 0.256 e. The zero-order valence-corrected chi connectivity index (χ0v) is 14.2. The van der Waals surface area contributed by atoms with Crippen LogP contribution in [0.15, 0.2) is 36.5 Å². The van der Waals surface area contributed by atoms with Gasteiger partial charge in [0.05, 0.1) is 33.1 Å². The van der Waals surface area contributed by atoms with Crippen molar-refractivity contribution in [2.24, 2.45) is 0 Å². The van der Waals surface area contributed by atoms with Crippen LogP contribution in [0, 0.1) is 0 Å². The molecule has 2 heterocycles. The molecule has 1 aromatic carbocycles. The summed E-state index contributed by atoms with van der Waals surface area (Å²) >= 11 is 0. The molecule has 1 aromatic heterocycles. The van der Waals surface area contributed by atoms with E-state index in [0.717, 1.165) is 6.42 Å². The van der Waals surface area contributed by atoms with Gasteiger partial charge in [0.15, 0.2) is 0 Å². The lowest BCUT2D eigenvalue weighted by Crippen LogP contribution is -2.17. The first-order valence-electron chi connectivity index (χ1n) is 7.93. The third-order valence-corrected chi connectivity index (χ3v) is 3.83. The first-order valence-corrected chi connectivity index (χ1v) is 7.93. The van der Waals surface area contributed by atoms with Crippen molar-refractivity contribution in [2.75, 3.05) is 32.8 Å². The molecule has 25 heavy (non-hydrogen) atoms. The Balaban J connectivity index is 1.74. The van der Waals surface area contributed by atoms with Gasteiger partial charge in [-0.25, -0.2) is 4.98 Å². The molecule has 7 nitrogen and oxygen atoms in total. The number of nitrogens with zero attached hydrogens (tertiary/aromatic N) is 1. The van der Waals surface area contributed by atoms with Gasteiger partial charge in [-0.05, 0) is 18.2 Å². The van der Waals surface area contributed by atoms with E-state index in [-0.39, 0.29) is 12.0 Å². The number of nitrogens with one attached hydrogen (secondary N) is 1. The molecule has 3 rings (SSSR count). The molecule has 2 aromatic rings. The third-order valence-electron chi connectivity index (χ3n) is 3.83. The highest BCUT2D eigenvalue weighted by molar-refractivity contribution is 6.05. The van der Waals surface area contributed by atoms with Crippen LogP contribution < -0.4 is 19.5 Å². The molecular formula is C18H20N2O5. The molecule has 132 valence electrons. The van der Waals surface area contributed by atoms with Crippen LogP contribution in [0.25, 0.3) is 0 Å². The van der Waals surface area contributed by atoms with Gasteiger partial charge >= 0.3 is 0 Å². The van der Waals surface area contributed by atoms with Crippen molar-refractivity contribution in [1.82, 2.24) is 4.98 Å². The van der Waals surface area contributed by atoms with Gasteiger partial charge in [-0.15, -0.1) is 0 Å². The van der Waals surface area contributed by atoms with Crippen LogP contribution in [0.5, 0.6) is 17.4 Å². The van der Waals surface area contributed by atoms with Crippen molar-refractivity contribution >= 4 is 11.6 Å². The van der Waals surface area contributed by atoms with Gasteiger partial charge in [-0.1, -0.05) is 0 Å². The fraction of sp³-hybridized carbons (Fsp3) is 0.333. The molecule has 0 bridgehead atoms. The van der Waals surface area contributed by atoms with Gasteiger partial charge in [-0.3, -0.25) is 4.79 Å². The number of amides is 1. The smallest absolute Gasteiger partial charge is 0.256 e. The summed E-state index contributed by atoms with van der Waals surface area (Å²) in [6.45, 7) is 1.22. The van der Waals surface area contributed by atoms with E-state index in [9.17, 15) is 4.79 Å². The molecule has 1 unspecified atom stereocenters. The summed E-state index contributed by atoms with van der Waals surface area (Å²) in [7, 11) is 3.10. The minimum absolute atomic E-state index is 0.0238. The lowest BCUT2D eigenvalue weighted by atomic mass is 10.2. The Bertz CT molecular complexity index is 744. The molecule has 0 aliphatic carbocycles. The predicted molar refractivity (Wildman–Crippen MR) is 91.6 cm³/mol. The standard InChI is InChI=1S/C18H20N2O5/c1-22-13-3-4-16(23-2)15(10-13)20-18(21)12-5-7-19-17(9-12)25-14-6-8-24-11-14/h3-5,7,9-10,14H,6,8,11H2,1-2H3,(H,20,21). The molecule has 1 amide bonds. The number of anilines is 1. The average molecular weight is 344 g/mol. The molecule has 0 radical (unpaired) electrons. The van der Waals surface area contributed by atoms with Crippen LogP contribution in [-0.2, 0) is 4.74 Å². The third kappa shape index (κ3) is 4.19. The quantitative estimate of drug-likeness (QED) is 0.867. The molecule has 1 aliphatic heterocycles. The number of ether oxygens (including phenoxy) is 4. The summed E-state index contributed by atoms with van der Waals surface area (Å²) in [5.41, 5.74) is 0.962. The van der Waals surface area contributed by atoms with E-state index < -0.39 is 0 Å². The van der Waals surface area contributed by atoms with E-state index >= 15 is 0 Å². The highest BCUT2D eigenvalue weighted by Gasteiger charge is 2.18. The fourth-order valence-electron chi connectivity index (χ4n) is 2.50. The van der Waals surface area contributed by atoms with Crippen molar-refractivity contribution in [3.8, 4) is 17.4 Å². The van der Waals surface area contributed by atoms with E-state index in [1.807, 2.05) is 0 Å². The Hall–Kier alpha value is -2.80. The Kier molecular flexibility index (Phi) is 5.35. The van der Waals surface area contributed by atoms with Gasteiger partial charge in [-0.2, -0.15) is 0 Å².